The van der Waals surface area contributed by atoms with E-state index in [4.69, 9.17) is 18.9 Å². The van der Waals surface area contributed by atoms with E-state index >= 15 is 0 Å². The van der Waals surface area contributed by atoms with Crippen LogP contribution in [0.2, 0.25) is 0 Å². The highest BCUT2D eigenvalue weighted by Gasteiger charge is 2.24. The predicted octanol–water partition coefficient (Wildman–Crippen LogP) is 2.42. The van der Waals surface area contributed by atoms with E-state index in [-0.39, 0.29) is 51.2 Å². The van der Waals surface area contributed by atoms with Gasteiger partial charge in [0.25, 0.3) is 0 Å². The Labute approximate surface area is 226 Å². The van der Waals surface area contributed by atoms with E-state index in [1.54, 1.807) is 13.8 Å². The monoisotopic (exact) mass is 565 g/mol. The summed E-state index contributed by atoms with van der Waals surface area (Å²) in [7, 11) is -1.59. The van der Waals surface area contributed by atoms with Gasteiger partial charge in [0.2, 0.25) is 10.4 Å². The normalized spacial score (nSPS) is 12.2. The minimum Gasteiger partial charge on any atom is -0.726 e. The van der Waals surface area contributed by atoms with Crippen LogP contribution in [0.4, 0.5) is 0 Å². The Kier molecular flexibility index (Phi) is 19.9. The lowest BCUT2D eigenvalue weighted by molar-refractivity contribution is -0.908. The molecular formula is C25H43NO11S. The van der Waals surface area contributed by atoms with Crippen LogP contribution >= 0.6 is 0 Å². The zero-order valence-corrected chi connectivity index (χ0v) is 24.1. The van der Waals surface area contributed by atoms with Crippen molar-refractivity contribution in [1.29, 1.82) is 0 Å². The van der Waals surface area contributed by atoms with Gasteiger partial charge in [-0.3, -0.25) is 13.8 Å². The molecule has 0 fully saturated rings. The summed E-state index contributed by atoms with van der Waals surface area (Å²) in [6.45, 7) is 18.7. The van der Waals surface area contributed by atoms with Crippen molar-refractivity contribution in [3.05, 3.63) is 36.6 Å². The number of ether oxygens (including phenoxy) is 4. The van der Waals surface area contributed by atoms with Crippen LogP contribution in [0.5, 0.6) is 0 Å². The smallest absolute Gasteiger partial charge is 0.333 e. The molecule has 0 N–H and O–H groups in total. The first-order valence-electron chi connectivity index (χ1n) is 12.0. The molecule has 0 aromatic rings. The molecule has 0 amide bonds. The first kappa shape index (κ1) is 37.4. The number of hydrogen-bond acceptors (Lipinski definition) is 11. The highest BCUT2D eigenvalue weighted by atomic mass is 32.3. The van der Waals surface area contributed by atoms with Crippen molar-refractivity contribution >= 4 is 28.3 Å². The maximum Gasteiger partial charge on any atom is 0.333 e. The second-order valence-corrected chi connectivity index (χ2v) is 9.78. The second-order valence-electron chi connectivity index (χ2n) is 8.63. The topological polar surface area (TPSA) is 155 Å². The number of unbranched alkanes of at least 4 members (excludes halogenated alkanes) is 1. The predicted molar refractivity (Wildman–Crippen MR) is 139 cm³/mol. The van der Waals surface area contributed by atoms with Gasteiger partial charge in [0.05, 0.1) is 46.6 Å². The summed E-state index contributed by atoms with van der Waals surface area (Å²) in [5.74, 6) is -0.707. The molecule has 0 aromatic heterocycles. The van der Waals surface area contributed by atoms with Crippen molar-refractivity contribution in [1.82, 2.24) is 0 Å². The molecule has 0 spiro atoms. The average Bonchev–Trinajstić information content (AvgIpc) is 2.85. The highest BCUT2D eigenvalue weighted by Crippen LogP contribution is 2.11. The third-order valence-electron chi connectivity index (χ3n) is 4.99. The van der Waals surface area contributed by atoms with Gasteiger partial charge in [0.1, 0.15) is 32.2 Å². The molecule has 1 unspecified atom stereocenters. The summed E-state index contributed by atoms with van der Waals surface area (Å²) in [5, 5.41) is 0. The number of hydrogen-bond donors (Lipinski definition) is 0. The fourth-order valence-electron chi connectivity index (χ4n) is 2.60. The van der Waals surface area contributed by atoms with Gasteiger partial charge in [0.15, 0.2) is 0 Å². The largest absolute Gasteiger partial charge is 0.726 e. The lowest BCUT2D eigenvalue weighted by Gasteiger charge is -2.34. The summed E-state index contributed by atoms with van der Waals surface area (Å²) in [6, 6.07) is 0. The molecule has 0 aliphatic rings. The molecule has 0 aromatic carbocycles. The molecule has 13 heteroatoms. The van der Waals surface area contributed by atoms with E-state index in [0.717, 1.165) is 32.1 Å². The summed E-state index contributed by atoms with van der Waals surface area (Å²) in [5.41, 5.74) is 1.02. The van der Waals surface area contributed by atoms with Crippen LogP contribution in [0.3, 0.4) is 0 Å². The molecule has 0 aliphatic heterocycles. The van der Waals surface area contributed by atoms with Crippen molar-refractivity contribution in [3.8, 4) is 0 Å². The molecule has 12 nitrogen and oxygen atoms in total. The number of esters is 3. The molecule has 0 saturated carbocycles. The molecule has 0 rings (SSSR count). The van der Waals surface area contributed by atoms with Crippen molar-refractivity contribution in [2.45, 2.75) is 46.5 Å². The average molecular weight is 566 g/mol. The zero-order valence-electron chi connectivity index (χ0n) is 23.2. The highest BCUT2D eigenvalue weighted by molar-refractivity contribution is 7.80. The molecule has 38 heavy (non-hydrogen) atoms. The molecule has 0 heterocycles. The Morgan fingerprint density at radius 2 is 1.21 bits per heavy atom. The molecule has 0 saturated heterocycles. The van der Waals surface area contributed by atoms with Gasteiger partial charge in [-0.15, -0.1) is 0 Å². The van der Waals surface area contributed by atoms with Crippen LogP contribution < -0.4 is 0 Å². The van der Waals surface area contributed by atoms with Crippen molar-refractivity contribution in [3.63, 3.8) is 0 Å². The van der Waals surface area contributed by atoms with Gasteiger partial charge < -0.3 is 28.0 Å². The maximum atomic E-state index is 12.1. The number of nitrogens with zero attached hydrogens (tertiary/aromatic N) is 1. The number of quaternary nitrogens is 1. The Hall–Kier alpha value is -2.74. The Bertz CT molecular complexity index is 847. The minimum atomic E-state index is -4.41. The minimum absolute atomic E-state index is 0.00270. The lowest BCUT2D eigenvalue weighted by atomic mass is 10.2. The molecule has 1 atom stereocenters. The molecule has 220 valence electrons. The first-order chi connectivity index (χ1) is 17.6. The van der Waals surface area contributed by atoms with Crippen LogP contribution in [-0.2, 0) is 47.9 Å². The van der Waals surface area contributed by atoms with E-state index in [1.807, 2.05) is 7.05 Å². The second kappa shape index (κ2) is 20.3. The van der Waals surface area contributed by atoms with E-state index in [1.165, 1.54) is 0 Å². The van der Waals surface area contributed by atoms with Crippen molar-refractivity contribution in [2.24, 2.45) is 0 Å². The number of carbonyl (C=O) groups is 3. The van der Waals surface area contributed by atoms with Crippen LogP contribution in [0, 0.1) is 0 Å². The van der Waals surface area contributed by atoms with Gasteiger partial charge in [-0.25, -0.2) is 13.2 Å². The Morgan fingerprint density at radius 1 is 0.789 bits per heavy atom. The number of allylic oxidation sites excluding steroid dienone is 1. The zero-order chi connectivity index (χ0) is 29.8. The van der Waals surface area contributed by atoms with E-state index in [2.05, 4.69) is 30.8 Å². The fourth-order valence-corrected chi connectivity index (χ4v) is 2.60. The first-order valence-corrected chi connectivity index (χ1v) is 13.4. The van der Waals surface area contributed by atoms with E-state index in [9.17, 15) is 27.4 Å². The van der Waals surface area contributed by atoms with Crippen LogP contribution in [0.15, 0.2) is 36.6 Å². The van der Waals surface area contributed by atoms with E-state index < -0.39 is 16.4 Å². The standard InChI is InChI=1S/C24H40NO7.CH4O4S/c1-8-9-12-25(7,13-10-22(26)30-16-15-29-21(6)19(2)3)14-11-23(27)31-17-18-32-24(28)20(4)5;1-5-6(2,3)4/h2,4,6,8-18H2,1,3,5,7H3;1H3,(H,2,3,4)/q+1;/p-1. The Morgan fingerprint density at radius 3 is 1.58 bits per heavy atom. The third kappa shape index (κ3) is 22.5. The van der Waals surface area contributed by atoms with Gasteiger partial charge in [0, 0.05) is 5.57 Å². The molecule has 0 bridgehead atoms. The van der Waals surface area contributed by atoms with Crippen molar-refractivity contribution in [2.75, 3.05) is 60.2 Å². The van der Waals surface area contributed by atoms with Crippen molar-refractivity contribution < 1.29 is 55.0 Å². The van der Waals surface area contributed by atoms with Crippen LogP contribution in [0.1, 0.15) is 46.5 Å². The third-order valence-corrected chi connectivity index (χ3v) is 5.40. The quantitative estimate of drug-likeness (QED) is 0.0261. The summed E-state index contributed by atoms with van der Waals surface area (Å²) >= 11 is 0. The molecule has 0 aliphatic carbocycles. The fraction of sp³-hybridized carbons (Fsp3) is 0.640. The molecular weight excluding hydrogens is 522 g/mol. The van der Waals surface area contributed by atoms with Gasteiger partial charge in [-0.1, -0.05) is 33.1 Å². The summed E-state index contributed by atoms with van der Waals surface area (Å²) < 4.78 is 52.1. The summed E-state index contributed by atoms with van der Waals surface area (Å²) in [4.78, 5) is 35.4. The van der Waals surface area contributed by atoms with Gasteiger partial charge >= 0.3 is 17.9 Å². The Balaban J connectivity index is 0. The van der Waals surface area contributed by atoms with E-state index in [0.29, 0.717) is 28.9 Å². The SMILES string of the molecule is C=C(C)C(=C)OCCOC(=O)CC[N+](C)(CCCC)CCC(=O)OCCOC(=O)C(=C)C.COS(=O)(=O)[O-]. The molecule has 0 radical (unpaired) electrons. The van der Waals surface area contributed by atoms with Gasteiger partial charge in [-0.05, 0) is 25.8 Å². The number of rotatable bonds is 19. The van der Waals surface area contributed by atoms with Crippen LogP contribution in [0.25, 0.3) is 0 Å². The lowest BCUT2D eigenvalue weighted by Crippen LogP contribution is -2.47. The summed E-state index contributed by atoms with van der Waals surface area (Å²) in [6.07, 6.45) is 2.45. The van der Waals surface area contributed by atoms with Crippen LogP contribution in [-0.4, -0.2) is 95.6 Å². The maximum absolute atomic E-state index is 12.1. The van der Waals surface area contributed by atoms with Gasteiger partial charge in [-0.2, -0.15) is 0 Å². The number of carbonyl (C=O) groups excluding carboxylic acids is 3.